The van der Waals surface area contributed by atoms with E-state index in [1.165, 1.54) is 0 Å². The molecule has 28 heavy (non-hydrogen) atoms. The highest BCUT2D eigenvalue weighted by Gasteiger charge is 2.15. The molecule has 0 aliphatic rings. The van der Waals surface area contributed by atoms with Crippen LogP contribution in [0.1, 0.15) is 5.56 Å². The number of carbonyl (C=O) groups is 1. The van der Waals surface area contributed by atoms with Crippen molar-refractivity contribution in [2.75, 3.05) is 23.9 Å². The molecule has 0 radical (unpaired) electrons. The Bertz CT molecular complexity index is 923. The Balaban J connectivity index is 1.79. The number of ether oxygens (including phenoxy) is 1. The molecule has 0 heterocycles. The predicted octanol–water partition coefficient (Wildman–Crippen LogP) is 6.21. The van der Waals surface area contributed by atoms with Gasteiger partial charge in [0.05, 0.1) is 7.11 Å². The molecule has 0 aliphatic carbocycles. The molecule has 3 rings (SSSR count). The Kier molecular flexibility index (Phi) is 6.87. The molecule has 0 aromatic heterocycles. The maximum absolute atomic E-state index is 12.9. The first-order valence-corrected chi connectivity index (χ1v) is 9.65. The lowest BCUT2D eigenvalue weighted by molar-refractivity contribution is 0.257. The maximum atomic E-state index is 12.9. The van der Waals surface area contributed by atoms with Crippen LogP contribution in [0.4, 0.5) is 16.2 Å². The number of methoxy groups -OCH3 is 1. The van der Waals surface area contributed by atoms with Gasteiger partial charge in [-0.25, -0.2) is 4.79 Å². The second kappa shape index (κ2) is 9.76. The Morgan fingerprint density at radius 1 is 1.00 bits per heavy atom. The van der Waals surface area contributed by atoms with Crippen LogP contribution < -0.4 is 15.0 Å². The standard InChI is InChI=1S/C23H21BrN2O2/c1-28-22-15-13-21(14-16-22)26(17-5-8-18-6-3-2-4-7-18)23(27)25-20-11-9-19(24)10-12-20/h2-16H,17H2,1H3,(H,25,27)/b8-5+. The number of nitrogens with one attached hydrogen (secondary N) is 1. The number of amides is 2. The van der Waals surface area contributed by atoms with E-state index in [2.05, 4.69) is 21.2 Å². The summed E-state index contributed by atoms with van der Waals surface area (Å²) in [7, 11) is 1.62. The molecule has 0 fully saturated rings. The van der Waals surface area contributed by atoms with E-state index >= 15 is 0 Å². The topological polar surface area (TPSA) is 41.6 Å². The predicted molar refractivity (Wildman–Crippen MR) is 119 cm³/mol. The van der Waals surface area contributed by atoms with Crippen LogP contribution in [0.15, 0.2) is 89.4 Å². The van der Waals surface area contributed by atoms with Crippen LogP contribution in [0.2, 0.25) is 0 Å². The first kappa shape index (κ1) is 19.7. The molecular weight excluding hydrogens is 416 g/mol. The third kappa shape index (κ3) is 5.47. The fourth-order valence-electron chi connectivity index (χ4n) is 2.65. The molecule has 0 atom stereocenters. The van der Waals surface area contributed by atoms with Gasteiger partial charge in [0.25, 0.3) is 0 Å². The minimum Gasteiger partial charge on any atom is -0.497 e. The molecule has 0 unspecified atom stereocenters. The van der Waals surface area contributed by atoms with Gasteiger partial charge in [-0.1, -0.05) is 58.4 Å². The minimum atomic E-state index is -0.204. The molecule has 0 saturated heterocycles. The summed E-state index contributed by atoms with van der Waals surface area (Å²) >= 11 is 3.40. The number of urea groups is 1. The number of carbonyl (C=O) groups excluding carboxylic acids is 1. The number of rotatable bonds is 6. The molecule has 1 N–H and O–H groups in total. The highest BCUT2D eigenvalue weighted by Crippen LogP contribution is 2.21. The van der Waals surface area contributed by atoms with Crippen molar-refractivity contribution in [2.24, 2.45) is 0 Å². The van der Waals surface area contributed by atoms with Crippen molar-refractivity contribution in [3.8, 4) is 5.75 Å². The molecule has 2 amide bonds. The molecule has 5 heteroatoms. The number of anilines is 2. The van der Waals surface area contributed by atoms with Crippen molar-refractivity contribution in [3.05, 3.63) is 95.0 Å². The molecule has 0 aliphatic heterocycles. The van der Waals surface area contributed by atoms with E-state index in [0.717, 1.165) is 27.2 Å². The van der Waals surface area contributed by atoms with Gasteiger partial charge in [-0.2, -0.15) is 0 Å². The van der Waals surface area contributed by atoms with E-state index in [-0.39, 0.29) is 6.03 Å². The van der Waals surface area contributed by atoms with Crippen molar-refractivity contribution >= 4 is 39.4 Å². The fraction of sp³-hybridized carbons (Fsp3) is 0.0870. The zero-order valence-corrected chi connectivity index (χ0v) is 17.1. The van der Waals surface area contributed by atoms with Crippen LogP contribution in [0.3, 0.4) is 0 Å². The summed E-state index contributed by atoms with van der Waals surface area (Å²) in [5.41, 5.74) is 2.61. The highest BCUT2D eigenvalue weighted by molar-refractivity contribution is 9.10. The van der Waals surface area contributed by atoms with Gasteiger partial charge in [-0.3, -0.25) is 4.90 Å². The zero-order chi connectivity index (χ0) is 19.8. The average molecular weight is 437 g/mol. The van der Waals surface area contributed by atoms with Crippen LogP contribution in [0.25, 0.3) is 6.08 Å². The first-order chi connectivity index (χ1) is 13.7. The largest absolute Gasteiger partial charge is 0.497 e. The quantitative estimate of drug-likeness (QED) is 0.498. The van der Waals surface area contributed by atoms with Crippen molar-refractivity contribution in [3.63, 3.8) is 0 Å². The molecule has 4 nitrogen and oxygen atoms in total. The van der Waals surface area contributed by atoms with Gasteiger partial charge in [0.1, 0.15) is 5.75 Å². The summed E-state index contributed by atoms with van der Waals surface area (Å²) in [5.74, 6) is 0.747. The highest BCUT2D eigenvalue weighted by atomic mass is 79.9. The number of benzene rings is 3. The van der Waals surface area contributed by atoms with Crippen molar-refractivity contribution in [1.29, 1.82) is 0 Å². The smallest absolute Gasteiger partial charge is 0.326 e. The second-order valence-electron chi connectivity index (χ2n) is 6.06. The van der Waals surface area contributed by atoms with Gasteiger partial charge < -0.3 is 10.1 Å². The molecule has 0 saturated carbocycles. The van der Waals surface area contributed by atoms with E-state index in [0.29, 0.717) is 6.54 Å². The van der Waals surface area contributed by atoms with E-state index in [1.807, 2.05) is 91.0 Å². The molecule has 142 valence electrons. The molecular formula is C23H21BrN2O2. The fourth-order valence-corrected chi connectivity index (χ4v) is 2.91. The molecule has 0 spiro atoms. The molecule has 3 aromatic carbocycles. The van der Waals surface area contributed by atoms with Gasteiger partial charge in [0, 0.05) is 22.4 Å². The number of hydrogen-bond acceptors (Lipinski definition) is 2. The third-order valence-corrected chi connectivity index (χ3v) is 4.65. The number of hydrogen-bond donors (Lipinski definition) is 1. The lowest BCUT2D eigenvalue weighted by Crippen LogP contribution is -2.35. The SMILES string of the molecule is COc1ccc(N(C/C=C/c2ccccc2)C(=O)Nc2ccc(Br)cc2)cc1. The Morgan fingerprint density at radius 3 is 2.32 bits per heavy atom. The van der Waals surface area contributed by atoms with E-state index in [4.69, 9.17) is 4.74 Å². The monoisotopic (exact) mass is 436 g/mol. The first-order valence-electron chi connectivity index (χ1n) is 8.85. The van der Waals surface area contributed by atoms with Crippen LogP contribution in [0.5, 0.6) is 5.75 Å². The van der Waals surface area contributed by atoms with Gasteiger partial charge in [-0.15, -0.1) is 0 Å². The van der Waals surface area contributed by atoms with Crippen molar-refractivity contribution in [1.82, 2.24) is 0 Å². The normalized spacial score (nSPS) is 10.6. The third-order valence-electron chi connectivity index (χ3n) is 4.12. The summed E-state index contributed by atoms with van der Waals surface area (Å²) in [6, 6.07) is 24.7. The summed E-state index contributed by atoms with van der Waals surface area (Å²) in [6.07, 6.45) is 3.98. The Labute approximate surface area is 173 Å². The second-order valence-corrected chi connectivity index (χ2v) is 6.97. The lowest BCUT2D eigenvalue weighted by atomic mass is 10.2. The summed E-state index contributed by atoms with van der Waals surface area (Å²) in [4.78, 5) is 14.6. The molecule has 3 aromatic rings. The van der Waals surface area contributed by atoms with Gasteiger partial charge >= 0.3 is 6.03 Å². The summed E-state index contributed by atoms with van der Waals surface area (Å²) in [5, 5.41) is 2.95. The Morgan fingerprint density at radius 2 is 1.68 bits per heavy atom. The van der Waals surface area contributed by atoms with E-state index in [9.17, 15) is 4.79 Å². The van der Waals surface area contributed by atoms with Crippen molar-refractivity contribution < 1.29 is 9.53 Å². The molecule has 0 bridgehead atoms. The van der Waals surface area contributed by atoms with Crippen LogP contribution >= 0.6 is 15.9 Å². The zero-order valence-electron chi connectivity index (χ0n) is 15.5. The summed E-state index contributed by atoms with van der Waals surface area (Å²) in [6.45, 7) is 0.434. The van der Waals surface area contributed by atoms with Gasteiger partial charge in [-0.05, 0) is 54.1 Å². The van der Waals surface area contributed by atoms with Crippen molar-refractivity contribution in [2.45, 2.75) is 0 Å². The summed E-state index contributed by atoms with van der Waals surface area (Å²) < 4.78 is 6.18. The van der Waals surface area contributed by atoms with Crippen LogP contribution in [0, 0.1) is 0 Å². The van der Waals surface area contributed by atoms with Gasteiger partial charge in [0.2, 0.25) is 0 Å². The van der Waals surface area contributed by atoms with E-state index in [1.54, 1.807) is 12.0 Å². The average Bonchev–Trinajstić information content (AvgIpc) is 2.74. The van der Waals surface area contributed by atoms with Crippen LogP contribution in [-0.2, 0) is 0 Å². The van der Waals surface area contributed by atoms with Crippen LogP contribution in [-0.4, -0.2) is 19.7 Å². The van der Waals surface area contributed by atoms with Gasteiger partial charge in [0.15, 0.2) is 0 Å². The minimum absolute atomic E-state index is 0.204. The van der Waals surface area contributed by atoms with E-state index < -0.39 is 0 Å². The number of halogens is 1. The maximum Gasteiger partial charge on any atom is 0.326 e. The number of nitrogens with zero attached hydrogens (tertiary/aromatic N) is 1. The Hall–Kier alpha value is -3.05. The lowest BCUT2D eigenvalue weighted by Gasteiger charge is -2.22.